The summed E-state index contributed by atoms with van der Waals surface area (Å²) in [5.41, 5.74) is 1.60. The summed E-state index contributed by atoms with van der Waals surface area (Å²) in [6.07, 6.45) is 7.79. The number of carboxylic acid groups (broad SMARTS) is 1. The van der Waals surface area contributed by atoms with Crippen molar-refractivity contribution in [1.29, 1.82) is 0 Å². The van der Waals surface area contributed by atoms with E-state index in [1.54, 1.807) is 12.1 Å². The Kier molecular flexibility index (Phi) is 10.3. The van der Waals surface area contributed by atoms with E-state index in [2.05, 4.69) is 17.2 Å². The van der Waals surface area contributed by atoms with E-state index in [1.165, 1.54) is 17.1 Å². The zero-order valence-corrected chi connectivity index (χ0v) is 16.8. The number of aromatic nitrogens is 2. The second kappa shape index (κ2) is 12.2. The number of carbonyl (C=O) groups is 2. The Labute approximate surface area is 171 Å². The fraction of sp³-hybridized carbons (Fsp3) is 0.450. The van der Waals surface area contributed by atoms with Crippen molar-refractivity contribution >= 4 is 30.0 Å². The van der Waals surface area contributed by atoms with Gasteiger partial charge in [-0.2, -0.15) is 0 Å². The lowest BCUT2D eigenvalue weighted by Crippen LogP contribution is -2.18. The van der Waals surface area contributed by atoms with Gasteiger partial charge in [-0.15, -0.1) is 12.4 Å². The van der Waals surface area contributed by atoms with Crippen LogP contribution in [-0.2, 0) is 11.2 Å². The summed E-state index contributed by atoms with van der Waals surface area (Å²) in [5.74, 6) is -1.33. The lowest BCUT2D eigenvalue weighted by atomic mass is 10.1. The number of aliphatic carboxylic acids is 1. The average molecular weight is 410 g/mol. The van der Waals surface area contributed by atoms with E-state index in [0.29, 0.717) is 18.5 Å². The predicted molar refractivity (Wildman–Crippen MR) is 110 cm³/mol. The summed E-state index contributed by atoms with van der Waals surface area (Å²) in [5, 5.41) is 21.4. The highest BCUT2D eigenvalue weighted by molar-refractivity contribution is 6.03. The summed E-state index contributed by atoms with van der Waals surface area (Å²) < 4.78 is 1.49. The molecule has 0 radical (unpaired) electrons. The third kappa shape index (κ3) is 6.65. The van der Waals surface area contributed by atoms with Gasteiger partial charge in [0.1, 0.15) is 11.7 Å². The van der Waals surface area contributed by atoms with E-state index < -0.39 is 17.9 Å². The molecule has 0 saturated heterocycles. The van der Waals surface area contributed by atoms with Crippen LogP contribution in [0.1, 0.15) is 61.1 Å². The first kappa shape index (κ1) is 23.7. The molecule has 7 nitrogen and oxygen atoms in total. The predicted octanol–water partition coefficient (Wildman–Crippen LogP) is 3.69. The molecule has 0 bridgehead atoms. The summed E-state index contributed by atoms with van der Waals surface area (Å²) in [7, 11) is 0. The second-order valence-electron chi connectivity index (χ2n) is 6.49. The van der Waals surface area contributed by atoms with E-state index in [0.717, 1.165) is 31.2 Å². The molecule has 1 amide bonds. The third-order valence-corrected chi connectivity index (χ3v) is 4.46. The van der Waals surface area contributed by atoms with Gasteiger partial charge in [0.15, 0.2) is 0 Å². The molecule has 0 saturated carbocycles. The normalized spacial score (nSPS) is 11.5. The van der Waals surface area contributed by atoms with Gasteiger partial charge < -0.3 is 20.1 Å². The highest BCUT2D eigenvalue weighted by atomic mass is 35.5. The molecule has 1 atom stereocenters. The fourth-order valence-electron chi connectivity index (χ4n) is 2.96. The summed E-state index contributed by atoms with van der Waals surface area (Å²) in [6, 6.07) is 6.50. The summed E-state index contributed by atoms with van der Waals surface area (Å²) in [6.45, 7) is 2.09. The molecule has 8 heteroatoms. The van der Waals surface area contributed by atoms with Gasteiger partial charge in [-0.05, 0) is 24.5 Å². The van der Waals surface area contributed by atoms with Crippen LogP contribution in [0, 0.1) is 0 Å². The SMILES string of the molecule is CCCCCCC(C(=O)O)n1cnc(C(=O)Nc2ccccc2CCO)c1.Cl. The maximum atomic E-state index is 12.5. The molecule has 0 aliphatic carbocycles. The molecule has 154 valence electrons. The number of hydrogen-bond donors (Lipinski definition) is 3. The Morgan fingerprint density at radius 3 is 2.64 bits per heavy atom. The second-order valence-corrected chi connectivity index (χ2v) is 6.49. The van der Waals surface area contributed by atoms with E-state index in [-0.39, 0.29) is 24.7 Å². The Bertz CT molecular complexity index is 763. The van der Waals surface area contributed by atoms with Crippen LogP contribution >= 0.6 is 12.4 Å². The highest BCUT2D eigenvalue weighted by Crippen LogP contribution is 2.19. The van der Waals surface area contributed by atoms with E-state index in [1.807, 2.05) is 12.1 Å². The monoisotopic (exact) mass is 409 g/mol. The Morgan fingerprint density at radius 1 is 1.21 bits per heavy atom. The van der Waals surface area contributed by atoms with Gasteiger partial charge in [-0.3, -0.25) is 4.79 Å². The number of nitrogens with zero attached hydrogens (tertiary/aromatic N) is 2. The Hall–Kier alpha value is -2.38. The first-order valence-corrected chi connectivity index (χ1v) is 9.33. The van der Waals surface area contributed by atoms with Crippen LogP contribution in [0.15, 0.2) is 36.8 Å². The number of carboxylic acids is 1. The Balaban J connectivity index is 0.00000392. The minimum atomic E-state index is -0.927. The topological polar surface area (TPSA) is 104 Å². The van der Waals surface area contributed by atoms with Crippen molar-refractivity contribution in [3.8, 4) is 0 Å². The number of rotatable bonds is 11. The summed E-state index contributed by atoms with van der Waals surface area (Å²) >= 11 is 0. The van der Waals surface area contributed by atoms with Crippen LogP contribution in [0.5, 0.6) is 0 Å². The smallest absolute Gasteiger partial charge is 0.326 e. The van der Waals surface area contributed by atoms with Gasteiger partial charge in [0.25, 0.3) is 5.91 Å². The number of hydrogen-bond acceptors (Lipinski definition) is 4. The van der Waals surface area contributed by atoms with Crippen LogP contribution in [0.25, 0.3) is 0 Å². The number of aliphatic hydroxyl groups excluding tert-OH is 1. The highest BCUT2D eigenvalue weighted by Gasteiger charge is 2.21. The third-order valence-electron chi connectivity index (χ3n) is 4.46. The van der Waals surface area contributed by atoms with Crippen LogP contribution in [-0.4, -0.2) is 38.2 Å². The molecule has 3 N–H and O–H groups in total. The number of nitrogens with one attached hydrogen (secondary N) is 1. The van der Waals surface area contributed by atoms with Crippen LogP contribution in [0.4, 0.5) is 5.69 Å². The summed E-state index contributed by atoms with van der Waals surface area (Å²) in [4.78, 5) is 28.1. The van der Waals surface area contributed by atoms with Gasteiger partial charge in [-0.25, -0.2) is 9.78 Å². The maximum absolute atomic E-state index is 12.5. The van der Waals surface area contributed by atoms with Crippen LogP contribution < -0.4 is 5.32 Å². The molecule has 1 heterocycles. The maximum Gasteiger partial charge on any atom is 0.326 e. The quantitative estimate of drug-likeness (QED) is 0.491. The standard InChI is InChI=1S/C20H27N3O4.ClH/c1-2-3-4-5-10-18(20(26)27)23-13-17(21-14-23)19(25)22-16-9-7-6-8-15(16)11-12-24;/h6-9,13-14,18,24H,2-5,10-12H2,1H3,(H,22,25)(H,26,27);1H. The zero-order chi connectivity index (χ0) is 19.6. The molecule has 1 aromatic carbocycles. The molecule has 0 aliphatic heterocycles. The lowest BCUT2D eigenvalue weighted by molar-refractivity contribution is -0.141. The molecule has 2 rings (SSSR count). The molecule has 0 aliphatic rings. The minimum Gasteiger partial charge on any atom is -0.480 e. The number of imidazole rings is 1. The van der Waals surface area contributed by atoms with E-state index in [9.17, 15) is 14.7 Å². The number of para-hydroxylation sites is 1. The van der Waals surface area contributed by atoms with Gasteiger partial charge >= 0.3 is 5.97 Å². The van der Waals surface area contributed by atoms with Crippen LogP contribution in [0.3, 0.4) is 0 Å². The zero-order valence-electron chi connectivity index (χ0n) is 16.0. The van der Waals surface area contributed by atoms with E-state index >= 15 is 0 Å². The molecule has 1 aromatic heterocycles. The van der Waals surface area contributed by atoms with Gasteiger partial charge in [-0.1, -0.05) is 50.8 Å². The molecule has 2 aromatic rings. The Morgan fingerprint density at radius 2 is 1.96 bits per heavy atom. The molecular formula is C20H28ClN3O4. The molecule has 0 spiro atoms. The van der Waals surface area contributed by atoms with Crippen molar-refractivity contribution in [3.05, 3.63) is 48.0 Å². The van der Waals surface area contributed by atoms with Crippen LogP contribution in [0.2, 0.25) is 0 Å². The number of halogens is 1. The lowest BCUT2D eigenvalue weighted by Gasteiger charge is -2.13. The van der Waals surface area contributed by atoms with Gasteiger partial charge in [0.2, 0.25) is 0 Å². The average Bonchev–Trinajstić information content (AvgIpc) is 3.13. The minimum absolute atomic E-state index is 0. The first-order valence-electron chi connectivity index (χ1n) is 9.33. The van der Waals surface area contributed by atoms with Crippen molar-refractivity contribution in [2.75, 3.05) is 11.9 Å². The van der Waals surface area contributed by atoms with Crippen molar-refractivity contribution in [3.63, 3.8) is 0 Å². The number of unbranched alkanes of at least 4 members (excludes halogenated alkanes) is 3. The largest absolute Gasteiger partial charge is 0.480 e. The number of benzene rings is 1. The number of aliphatic hydroxyl groups is 1. The van der Waals surface area contributed by atoms with Gasteiger partial charge in [0.05, 0.1) is 6.33 Å². The van der Waals surface area contributed by atoms with Gasteiger partial charge in [0, 0.05) is 18.5 Å². The number of carbonyl (C=O) groups excluding carboxylic acids is 1. The van der Waals surface area contributed by atoms with Crippen molar-refractivity contribution in [2.24, 2.45) is 0 Å². The van der Waals surface area contributed by atoms with Crippen molar-refractivity contribution in [1.82, 2.24) is 9.55 Å². The molecule has 28 heavy (non-hydrogen) atoms. The number of anilines is 1. The fourth-order valence-corrected chi connectivity index (χ4v) is 2.96. The molecule has 1 unspecified atom stereocenters. The number of amides is 1. The van der Waals surface area contributed by atoms with Crippen molar-refractivity contribution < 1.29 is 19.8 Å². The molecule has 0 fully saturated rings. The van der Waals surface area contributed by atoms with Crippen molar-refractivity contribution in [2.45, 2.75) is 51.5 Å². The molecular weight excluding hydrogens is 382 g/mol. The first-order chi connectivity index (χ1) is 13.1. The van der Waals surface area contributed by atoms with E-state index in [4.69, 9.17) is 5.11 Å².